The number of nitrogen functional groups attached to an aromatic ring is 1. The molecule has 1 fully saturated rings. The van der Waals surface area contributed by atoms with Gasteiger partial charge in [-0.3, -0.25) is 0 Å². The van der Waals surface area contributed by atoms with Gasteiger partial charge in [0.1, 0.15) is 0 Å². The topological polar surface area (TPSA) is 35.2 Å². The maximum atomic E-state index is 5.89. The van der Waals surface area contributed by atoms with Gasteiger partial charge < -0.3 is 10.5 Å². The van der Waals surface area contributed by atoms with Gasteiger partial charge in [-0.05, 0) is 46.5 Å². The molecule has 0 unspecified atom stereocenters. The van der Waals surface area contributed by atoms with E-state index in [0.29, 0.717) is 12.7 Å². The third-order valence-electron chi connectivity index (χ3n) is 3.10. The normalized spacial score (nSPS) is 17.6. The molecule has 0 spiro atoms. The van der Waals surface area contributed by atoms with Gasteiger partial charge in [0, 0.05) is 10.2 Å². The number of hydrogen-bond acceptors (Lipinski definition) is 2. The molecule has 1 saturated carbocycles. The van der Waals surface area contributed by atoms with Gasteiger partial charge in [-0.15, -0.1) is 0 Å². The number of ether oxygens (including phenoxy) is 1. The van der Waals surface area contributed by atoms with E-state index in [1.54, 1.807) is 0 Å². The summed E-state index contributed by atoms with van der Waals surface area (Å²) in [4.78, 5) is 0. The molecule has 16 heavy (non-hydrogen) atoms. The van der Waals surface area contributed by atoms with E-state index < -0.39 is 0 Å². The van der Waals surface area contributed by atoms with Crippen molar-refractivity contribution >= 4 is 21.6 Å². The zero-order chi connectivity index (χ0) is 11.4. The van der Waals surface area contributed by atoms with Gasteiger partial charge in [0.05, 0.1) is 12.7 Å². The van der Waals surface area contributed by atoms with Crippen LogP contribution >= 0.6 is 15.9 Å². The van der Waals surface area contributed by atoms with Crippen molar-refractivity contribution in [1.82, 2.24) is 0 Å². The van der Waals surface area contributed by atoms with Crippen molar-refractivity contribution in [2.45, 2.75) is 44.8 Å². The molecule has 0 bridgehead atoms. The molecule has 1 aliphatic carbocycles. The second kappa shape index (κ2) is 5.69. The Kier molecular flexibility index (Phi) is 4.24. The van der Waals surface area contributed by atoms with Crippen LogP contribution < -0.4 is 5.73 Å². The Morgan fingerprint density at radius 2 is 2.00 bits per heavy atom. The lowest BCUT2D eigenvalue weighted by molar-refractivity contribution is 0.0169. The maximum Gasteiger partial charge on any atom is 0.0721 e. The van der Waals surface area contributed by atoms with Gasteiger partial charge in [0.25, 0.3) is 0 Å². The molecule has 2 nitrogen and oxygen atoms in total. The summed E-state index contributed by atoms with van der Waals surface area (Å²) in [7, 11) is 0. The summed E-state index contributed by atoms with van der Waals surface area (Å²) < 4.78 is 6.85. The summed E-state index contributed by atoms with van der Waals surface area (Å²) >= 11 is 3.39. The summed E-state index contributed by atoms with van der Waals surface area (Å²) in [5.74, 6) is 0. The average molecular weight is 284 g/mol. The molecule has 0 aliphatic heterocycles. The lowest BCUT2D eigenvalue weighted by atomic mass is 9.98. The van der Waals surface area contributed by atoms with Crippen molar-refractivity contribution < 1.29 is 4.74 Å². The Morgan fingerprint density at radius 1 is 1.25 bits per heavy atom. The van der Waals surface area contributed by atoms with E-state index in [1.165, 1.54) is 32.1 Å². The van der Waals surface area contributed by atoms with E-state index >= 15 is 0 Å². The molecule has 2 rings (SSSR count). The van der Waals surface area contributed by atoms with Gasteiger partial charge in [-0.25, -0.2) is 0 Å². The van der Waals surface area contributed by atoms with Gasteiger partial charge in [0.15, 0.2) is 0 Å². The zero-order valence-electron chi connectivity index (χ0n) is 9.42. The van der Waals surface area contributed by atoms with Gasteiger partial charge in [-0.2, -0.15) is 0 Å². The first kappa shape index (κ1) is 11.9. The van der Waals surface area contributed by atoms with Crippen molar-refractivity contribution in [3.8, 4) is 0 Å². The van der Waals surface area contributed by atoms with Gasteiger partial charge >= 0.3 is 0 Å². The molecule has 1 aromatic rings. The fourth-order valence-corrected chi connectivity index (χ4v) is 2.38. The average Bonchev–Trinajstić information content (AvgIpc) is 2.32. The molecule has 0 saturated heterocycles. The second-order valence-electron chi connectivity index (χ2n) is 4.43. The first-order valence-electron chi connectivity index (χ1n) is 5.91. The molecule has 3 heteroatoms. The largest absolute Gasteiger partial charge is 0.398 e. The SMILES string of the molecule is Nc1cc(COC2CCCCC2)ccc1Br. The van der Waals surface area contributed by atoms with Crippen molar-refractivity contribution in [2.75, 3.05) is 5.73 Å². The molecule has 1 aromatic carbocycles. The minimum atomic E-state index is 0.457. The molecular formula is C13H18BrNO. The zero-order valence-corrected chi connectivity index (χ0v) is 11.0. The smallest absolute Gasteiger partial charge is 0.0721 e. The number of anilines is 1. The Morgan fingerprint density at radius 3 is 2.69 bits per heavy atom. The van der Waals surface area contributed by atoms with Crippen molar-refractivity contribution in [3.63, 3.8) is 0 Å². The number of halogens is 1. The Labute approximate surface area is 105 Å². The summed E-state index contributed by atoms with van der Waals surface area (Å²) in [6, 6.07) is 6.02. The van der Waals surface area contributed by atoms with Crippen LogP contribution in [0, 0.1) is 0 Å². The van der Waals surface area contributed by atoms with Crippen LogP contribution in [0.3, 0.4) is 0 Å². The van der Waals surface area contributed by atoms with Gasteiger partial charge in [-0.1, -0.05) is 25.3 Å². The van der Waals surface area contributed by atoms with Crippen LogP contribution in [0.4, 0.5) is 5.69 Å². The lowest BCUT2D eigenvalue weighted by Gasteiger charge is -2.22. The highest BCUT2D eigenvalue weighted by Crippen LogP contribution is 2.23. The fourth-order valence-electron chi connectivity index (χ4n) is 2.13. The fraction of sp³-hybridized carbons (Fsp3) is 0.538. The highest BCUT2D eigenvalue weighted by Gasteiger charge is 2.13. The number of nitrogens with two attached hydrogens (primary N) is 1. The molecule has 0 amide bonds. The van der Waals surface area contributed by atoms with E-state index in [2.05, 4.69) is 22.0 Å². The summed E-state index contributed by atoms with van der Waals surface area (Å²) in [6.07, 6.45) is 6.88. The van der Waals surface area contributed by atoms with Crippen LogP contribution in [-0.4, -0.2) is 6.10 Å². The molecule has 0 atom stereocenters. The standard InChI is InChI=1S/C13H18BrNO/c14-12-7-6-10(8-13(12)15)9-16-11-4-2-1-3-5-11/h6-8,11H,1-5,9,15H2. The molecule has 0 heterocycles. The van der Waals surface area contributed by atoms with E-state index in [4.69, 9.17) is 10.5 Å². The quantitative estimate of drug-likeness (QED) is 0.855. The second-order valence-corrected chi connectivity index (χ2v) is 5.28. The first-order chi connectivity index (χ1) is 7.75. The predicted octanol–water partition coefficient (Wildman–Crippen LogP) is 3.88. The molecule has 0 aromatic heterocycles. The third kappa shape index (κ3) is 3.22. The van der Waals surface area contributed by atoms with Crippen LogP contribution in [0.1, 0.15) is 37.7 Å². The van der Waals surface area contributed by atoms with E-state index in [9.17, 15) is 0 Å². The third-order valence-corrected chi connectivity index (χ3v) is 3.82. The molecule has 1 aliphatic rings. The van der Waals surface area contributed by atoms with Crippen molar-refractivity contribution in [2.24, 2.45) is 0 Å². The summed E-state index contributed by atoms with van der Waals surface area (Å²) in [5, 5.41) is 0. The predicted molar refractivity (Wildman–Crippen MR) is 70.2 cm³/mol. The van der Waals surface area contributed by atoms with E-state index in [0.717, 1.165) is 15.7 Å². The maximum absolute atomic E-state index is 5.89. The number of rotatable bonds is 3. The summed E-state index contributed by atoms with van der Waals surface area (Å²) in [5.41, 5.74) is 7.77. The Hall–Kier alpha value is -0.540. The Balaban J connectivity index is 1.86. The van der Waals surface area contributed by atoms with Crippen LogP contribution in [0.15, 0.2) is 22.7 Å². The van der Waals surface area contributed by atoms with E-state index in [-0.39, 0.29) is 0 Å². The lowest BCUT2D eigenvalue weighted by Crippen LogP contribution is -2.16. The van der Waals surface area contributed by atoms with Crippen molar-refractivity contribution in [1.29, 1.82) is 0 Å². The van der Waals surface area contributed by atoms with Crippen LogP contribution in [0.2, 0.25) is 0 Å². The molecule has 88 valence electrons. The first-order valence-corrected chi connectivity index (χ1v) is 6.70. The van der Waals surface area contributed by atoms with Crippen molar-refractivity contribution in [3.05, 3.63) is 28.2 Å². The highest BCUT2D eigenvalue weighted by atomic mass is 79.9. The Bertz CT molecular complexity index is 348. The number of benzene rings is 1. The van der Waals surface area contributed by atoms with Gasteiger partial charge in [0.2, 0.25) is 0 Å². The highest BCUT2D eigenvalue weighted by molar-refractivity contribution is 9.10. The summed E-state index contributed by atoms with van der Waals surface area (Å²) in [6.45, 7) is 0.683. The number of hydrogen-bond donors (Lipinski definition) is 1. The van der Waals surface area contributed by atoms with Crippen LogP contribution in [0.5, 0.6) is 0 Å². The molecular weight excluding hydrogens is 266 g/mol. The van der Waals surface area contributed by atoms with E-state index in [1.807, 2.05) is 12.1 Å². The van der Waals surface area contributed by atoms with Crippen LogP contribution in [-0.2, 0) is 11.3 Å². The minimum absolute atomic E-state index is 0.457. The van der Waals surface area contributed by atoms with Crippen LogP contribution in [0.25, 0.3) is 0 Å². The molecule has 0 radical (unpaired) electrons. The monoisotopic (exact) mass is 283 g/mol. The minimum Gasteiger partial charge on any atom is -0.398 e. The molecule has 2 N–H and O–H groups in total.